The lowest BCUT2D eigenvalue weighted by Crippen LogP contribution is -2.34. The smallest absolute Gasteiger partial charge is 0.200 e. The van der Waals surface area contributed by atoms with E-state index in [1.165, 1.54) is 6.92 Å². The van der Waals surface area contributed by atoms with Crippen LogP contribution in [0.2, 0.25) is 0 Å². The molecule has 0 saturated carbocycles. The van der Waals surface area contributed by atoms with E-state index in [0.29, 0.717) is 18.2 Å². The van der Waals surface area contributed by atoms with Gasteiger partial charge in [0.05, 0.1) is 0 Å². The molecule has 0 aromatic heterocycles. The summed E-state index contributed by atoms with van der Waals surface area (Å²) in [7, 11) is -0.349. The third kappa shape index (κ3) is 2.77. The topological polar surface area (TPSA) is 0 Å². The number of benzene rings is 2. The first kappa shape index (κ1) is 13.6. The van der Waals surface area contributed by atoms with Crippen LogP contribution < -0.4 is 10.9 Å². The second-order valence-electron chi connectivity index (χ2n) is 4.20. The first-order valence-electron chi connectivity index (χ1n) is 5.46. The predicted molar refractivity (Wildman–Crippen MR) is 63.8 cm³/mol. The molecular weight excluding hydrogens is 262 g/mol. The lowest BCUT2D eigenvalue weighted by atomic mass is 9.62. The van der Waals surface area contributed by atoms with Crippen LogP contribution in [0.3, 0.4) is 0 Å². The highest BCUT2D eigenvalue weighted by Gasteiger charge is 2.16. The molecule has 0 aliphatic carbocycles. The Bertz CT molecular complexity index is 616. The molecule has 0 bridgehead atoms. The van der Waals surface area contributed by atoms with Crippen molar-refractivity contribution in [2.45, 2.75) is 6.92 Å². The molecule has 0 aliphatic rings. The Kier molecular flexibility index (Phi) is 3.60. The van der Waals surface area contributed by atoms with Crippen LogP contribution in [0.1, 0.15) is 5.56 Å². The molecule has 19 heavy (non-hydrogen) atoms. The molecule has 0 atom stereocenters. The number of hydrogen-bond donors (Lipinski definition) is 0. The quantitative estimate of drug-likeness (QED) is 0.579. The molecule has 0 saturated heterocycles. The minimum absolute atomic E-state index is 0.101. The molecule has 0 aliphatic heterocycles. The molecule has 6 heteroatoms. The highest BCUT2D eigenvalue weighted by Crippen LogP contribution is 2.08. The van der Waals surface area contributed by atoms with Gasteiger partial charge in [-0.3, -0.25) is 0 Å². The highest BCUT2D eigenvalue weighted by atomic mass is 19.2. The summed E-state index contributed by atoms with van der Waals surface area (Å²) in [5.74, 6) is -4.83. The number of rotatable bonds is 2. The summed E-state index contributed by atoms with van der Waals surface area (Å²) in [6.45, 7) is 1.38. The molecule has 0 N–H and O–H groups in total. The van der Waals surface area contributed by atoms with Crippen LogP contribution in [0.15, 0.2) is 24.3 Å². The van der Waals surface area contributed by atoms with Gasteiger partial charge in [0.25, 0.3) is 0 Å². The Morgan fingerprint density at radius 3 is 1.79 bits per heavy atom. The van der Waals surface area contributed by atoms with E-state index in [-0.39, 0.29) is 18.3 Å². The Hall–Kier alpha value is -1.85. The van der Waals surface area contributed by atoms with Gasteiger partial charge in [-0.1, -0.05) is 5.46 Å². The van der Waals surface area contributed by atoms with Gasteiger partial charge >= 0.3 is 0 Å². The maximum Gasteiger partial charge on any atom is 0.200 e. The molecule has 0 radical (unpaired) electrons. The van der Waals surface area contributed by atoms with E-state index in [2.05, 4.69) is 0 Å². The van der Waals surface area contributed by atoms with E-state index in [1.54, 1.807) is 0 Å². The van der Waals surface area contributed by atoms with E-state index < -0.39 is 34.5 Å². The van der Waals surface area contributed by atoms with Crippen molar-refractivity contribution in [3.05, 3.63) is 58.9 Å². The molecule has 0 fully saturated rings. The molecule has 98 valence electrons. The maximum atomic E-state index is 13.5. The van der Waals surface area contributed by atoms with Crippen molar-refractivity contribution in [2.24, 2.45) is 0 Å². The Morgan fingerprint density at radius 1 is 0.737 bits per heavy atom. The van der Waals surface area contributed by atoms with Gasteiger partial charge in [-0.25, -0.2) is 22.0 Å². The van der Waals surface area contributed by atoms with Gasteiger partial charge in [0, 0.05) is 18.2 Å². The van der Waals surface area contributed by atoms with E-state index in [0.717, 1.165) is 6.07 Å². The van der Waals surface area contributed by atoms with Crippen molar-refractivity contribution < 1.29 is 22.0 Å². The second kappa shape index (κ2) is 5.03. The van der Waals surface area contributed by atoms with Crippen LogP contribution in [0, 0.1) is 36.0 Å². The summed E-state index contributed by atoms with van der Waals surface area (Å²) >= 11 is 0. The minimum Gasteiger partial charge on any atom is -0.207 e. The van der Waals surface area contributed by atoms with Crippen LogP contribution in [-0.4, -0.2) is 7.28 Å². The molecule has 0 spiro atoms. The lowest BCUT2D eigenvalue weighted by Gasteiger charge is -2.08. The predicted octanol–water partition coefficient (Wildman–Crippen LogP) is 2.08. The van der Waals surface area contributed by atoms with Gasteiger partial charge in [0.1, 0.15) is 29.1 Å². The van der Waals surface area contributed by atoms with Crippen LogP contribution >= 0.6 is 0 Å². The third-order valence-electron chi connectivity index (χ3n) is 2.89. The fourth-order valence-corrected chi connectivity index (χ4v) is 1.81. The first-order chi connectivity index (χ1) is 8.88. The first-order valence-corrected chi connectivity index (χ1v) is 5.46. The van der Waals surface area contributed by atoms with Crippen LogP contribution in [0.5, 0.6) is 0 Å². The molecule has 2 aromatic rings. The van der Waals surface area contributed by atoms with Crippen molar-refractivity contribution in [1.29, 1.82) is 0 Å². The molecule has 0 nitrogen and oxygen atoms in total. The van der Waals surface area contributed by atoms with Gasteiger partial charge in [0.15, 0.2) is 0 Å². The van der Waals surface area contributed by atoms with E-state index in [9.17, 15) is 22.0 Å². The zero-order valence-corrected chi connectivity index (χ0v) is 9.91. The van der Waals surface area contributed by atoms with E-state index in [1.807, 2.05) is 0 Å². The standard InChI is InChI=1S/C13H8BF5/c1-6-9(2-7(15)3-10(6)17)14-13-11(18)4-8(16)5-12(13)19/h2-5,14H,1H3. The minimum atomic E-state index is -1.08. The van der Waals surface area contributed by atoms with Gasteiger partial charge in [-0.2, -0.15) is 0 Å². The number of hydrogen-bond acceptors (Lipinski definition) is 0. The van der Waals surface area contributed by atoms with Gasteiger partial charge in [0.2, 0.25) is 7.28 Å². The summed E-state index contributed by atoms with van der Waals surface area (Å²) in [6, 6.07) is 2.75. The Morgan fingerprint density at radius 2 is 1.21 bits per heavy atom. The molecule has 2 rings (SSSR count). The van der Waals surface area contributed by atoms with Gasteiger partial charge in [-0.05, 0) is 24.0 Å². The Labute approximate surface area is 107 Å². The SMILES string of the molecule is Cc1c(F)cc(F)cc1Bc1c(F)cc(F)cc1F. The zero-order valence-electron chi connectivity index (χ0n) is 9.91. The van der Waals surface area contributed by atoms with Crippen LogP contribution in [-0.2, 0) is 0 Å². The van der Waals surface area contributed by atoms with Crippen LogP contribution in [0.4, 0.5) is 22.0 Å². The molecule has 0 heterocycles. The van der Waals surface area contributed by atoms with Crippen molar-refractivity contribution in [2.75, 3.05) is 0 Å². The largest absolute Gasteiger partial charge is 0.207 e. The fourth-order valence-electron chi connectivity index (χ4n) is 1.81. The second-order valence-corrected chi connectivity index (χ2v) is 4.20. The summed E-state index contributed by atoms with van der Waals surface area (Å²) in [4.78, 5) is 0. The van der Waals surface area contributed by atoms with Crippen molar-refractivity contribution in [3.63, 3.8) is 0 Å². The summed E-state index contributed by atoms with van der Waals surface area (Å²) in [5.41, 5.74) is -0.207. The zero-order chi connectivity index (χ0) is 14.2. The van der Waals surface area contributed by atoms with Gasteiger partial charge < -0.3 is 0 Å². The molecular formula is C13H8BF5. The van der Waals surface area contributed by atoms with Crippen LogP contribution in [0.25, 0.3) is 0 Å². The average Bonchev–Trinajstić information content (AvgIpc) is 2.29. The Balaban J connectivity index is 2.48. The molecule has 0 unspecified atom stereocenters. The number of halogens is 5. The van der Waals surface area contributed by atoms with Crippen molar-refractivity contribution >= 4 is 18.2 Å². The van der Waals surface area contributed by atoms with Crippen molar-refractivity contribution in [3.8, 4) is 0 Å². The average molecular weight is 270 g/mol. The molecule has 0 amide bonds. The van der Waals surface area contributed by atoms with E-state index >= 15 is 0 Å². The normalized spacial score (nSPS) is 10.6. The monoisotopic (exact) mass is 270 g/mol. The maximum absolute atomic E-state index is 13.5. The van der Waals surface area contributed by atoms with Gasteiger partial charge in [-0.15, -0.1) is 0 Å². The highest BCUT2D eigenvalue weighted by molar-refractivity contribution is 6.67. The summed E-state index contributed by atoms with van der Waals surface area (Å²) in [5, 5.41) is 0. The molecule has 2 aromatic carbocycles. The fraction of sp³-hybridized carbons (Fsp3) is 0.0769. The van der Waals surface area contributed by atoms with E-state index in [4.69, 9.17) is 0 Å². The summed E-state index contributed by atoms with van der Waals surface area (Å²) < 4.78 is 66.1. The summed E-state index contributed by atoms with van der Waals surface area (Å²) in [6.07, 6.45) is 0. The lowest BCUT2D eigenvalue weighted by molar-refractivity contribution is 0.553. The third-order valence-corrected chi connectivity index (χ3v) is 2.89. The van der Waals surface area contributed by atoms with Crippen molar-refractivity contribution in [1.82, 2.24) is 0 Å².